The van der Waals surface area contributed by atoms with Gasteiger partial charge in [-0.2, -0.15) is 0 Å². The van der Waals surface area contributed by atoms with Crippen LogP contribution in [0.2, 0.25) is 0 Å². The van der Waals surface area contributed by atoms with E-state index in [1.54, 1.807) is 19.2 Å². The number of benzene rings is 1. The molecule has 2 rings (SSSR count). The Labute approximate surface area is 117 Å². The van der Waals surface area contributed by atoms with Gasteiger partial charge in [-0.3, -0.25) is 9.59 Å². The van der Waals surface area contributed by atoms with Crippen molar-refractivity contribution in [2.45, 2.75) is 32.6 Å². The van der Waals surface area contributed by atoms with E-state index in [0.29, 0.717) is 18.5 Å². The lowest BCUT2D eigenvalue weighted by Gasteiger charge is -2.36. The molecule has 0 unspecified atom stereocenters. The van der Waals surface area contributed by atoms with E-state index in [1.165, 1.54) is 0 Å². The summed E-state index contributed by atoms with van der Waals surface area (Å²) in [5.41, 5.74) is 0.719. The van der Waals surface area contributed by atoms with Gasteiger partial charge in [-0.25, -0.2) is 0 Å². The molecule has 0 saturated heterocycles. The topological polar surface area (TPSA) is 75.6 Å². The Kier molecular flexibility index (Phi) is 3.97. The first-order valence-corrected chi connectivity index (χ1v) is 6.65. The second-order valence-electron chi connectivity index (χ2n) is 5.34. The van der Waals surface area contributed by atoms with Crippen LogP contribution in [0.15, 0.2) is 18.2 Å². The van der Waals surface area contributed by atoms with E-state index in [-0.39, 0.29) is 12.3 Å². The number of carboxylic acid groups (broad SMARTS) is 1. The van der Waals surface area contributed by atoms with Crippen LogP contribution in [0.25, 0.3) is 0 Å². The van der Waals surface area contributed by atoms with Crippen molar-refractivity contribution in [2.75, 3.05) is 12.4 Å². The molecule has 1 aromatic carbocycles. The highest BCUT2D eigenvalue weighted by molar-refractivity contribution is 5.95. The lowest BCUT2D eigenvalue weighted by Crippen LogP contribution is -2.41. The summed E-state index contributed by atoms with van der Waals surface area (Å²) in [7, 11) is 1.58. The SMILES string of the molecule is COc1ccc(NC(=O)CC2(C(=O)O)CCC2)c(C)c1. The number of hydrogen-bond acceptors (Lipinski definition) is 3. The number of rotatable bonds is 5. The summed E-state index contributed by atoms with van der Waals surface area (Å²) in [4.78, 5) is 23.3. The predicted molar refractivity (Wildman–Crippen MR) is 74.9 cm³/mol. The van der Waals surface area contributed by atoms with Crippen molar-refractivity contribution in [1.82, 2.24) is 0 Å². The number of carboxylic acids is 1. The average molecular weight is 277 g/mol. The third kappa shape index (κ3) is 2.76. The van der Waals surface area contributed by atoms with Crippen LogP contribution >= 0.6 is 0 Å². The van der Waals surface area contributed by atoms with Crippen LogP contribution in [0.3, 0.4) is 0 Å². The molecule has 0 aliphatic heterocycles. The van der Waals surface area contributed by atoms with E-state index in [1.807, 2.05) is 13.0 Å². The van der Waals surface area contributed by atoms with E-state index < -0.39 is 11.4 Å². The molecule has 5 heteroatoms. The molecule has 1 saturated carbocycles. The molecule has 2 N–H and O–H groups in total. The predicted octanol–water partition coefficient (Wildman–Crippen LogP) is 2.59. The monoisotopic (exact) mass is 277 g/mol. The number of carbonyl (C=O) groups excluding carboxylic acids is 1. The van der Waals surface area contributed by atoms with Crippen molar-refractivity contribution in [3.05, 3.63) is 23.8 Å². The number of hydrogen-bond donors (Lipinski definition) is 2. The molecule has 20 heavy (non-hydrogen) atoms. The highest BCUT2D eigenvalue weighted by Gasteiger charge is 2.45. The minimum absolute atomic E-state index is 0.0355. The largest absolute Gasteiger partial charge is 0.497 e. The number of methoxy groups -OCH3 is 1. The molecule has 0 radical (unpaired) electrons. The molecule has 5 nitrogen and oxygen atoms in total. The lowest BCUT2D eigenvalue weighted by molar-refractivity contribution is -0.157. The highest BCUT2D eigenvalue weighted by Crippen LogP contribution is 2.44. The Morgan fingerprint density at radius 1 is 1.40 bits per heavy atom. The third-order valence-electron chi connectivity index (χ3n) is 3.97. The normalized spacial score (nSPS) is 16.1. The number of ether oxygens (including phenoxy) is 1. The number of aliphatic carboxylic acids is 1. The van der Waals surface area contributed by atoms with Crippen molar-refractivity contribution in [2.24, 2.45) is 5.41 Å². The van der Waals surface area contributed by atoms with Gasteiger partial charge in [0.1, 0.15) is 5.75 Å². The fraction of sp³-hybridized carbons (Fsp3) is 0.467. The zero-order chi connectivity index (χ0) is 14.8. The Hall–Kier alpha value is -2.04. The van der Waals surface area contributed by atoms with E-state index in [2.05, 4.69) is 5.32 Å². The third-order valence-corrected chi connectivity index (χ3v) is 3.97. The fourth-order valence-electron chi connectivity index (χ4n) is 2.47. The van der Waals surface area contributed by atoms with Gasteiger partial charge in [0.2, 0.25) is 5.91 Å². The zero-order valence-corrected chi connectivity index (χ0v) is 11.7. The standard InChI is InChI=1S/C15H19NO4/c1-10-8-11(20-2)4-5-12(10)16-13(17)9-15(14(18)19)6-3-7-15/h4-5,8H,3,6-7,9H2,1-2H3,(H,16,17)(H,18,19). The molecule has 108 valence electrons. The van der Waals surface area contributed by atoms with Crippen LogP contribution < -0.4 is 10.1 Å². The summed E-state index contributed by atoms with van der Waals surface area (Å²) in [6.45, 7) is 1.87. The van der Waals surface area contributed by atoms with Gasteiger partial charge < -0.3 is 15.2 Å². The molecule has 1 amide bonds. The van der Waals surface area contributed by atoms with Gasteiger partial charge in [-0.1, -0.05) is 6.42 Å². The maximum Gasteiger partial charge on any atom is 0.310 e. The minimum Gasteiger partial charge on any atom is -0.497 e. The fourth-order valence-corrected chi connectivity index (χ4v) is 2.47. The molecule has 1 fully saturated rings. The van der Waals surface area contributed by atoms with E-state index >= 15 is 0 Å². The average Bonchev–Trinajstić information content (AvgIpc) is 2.35. The molecule has 0 aromatic heterocycles. The van der Waals surface area contributed by atoms with Crippen LogP contribution in [-0.4, -0.2) is 24.1 Å². The summed E-state index contributed by atoms with van der Waals surface area (Å²) >= 11 is 0. The molecule has 1 aromatic rings. The number of carbonyl (C=O) groups is 2. The number of aryl methyl sites for hydroxylation is 1. The molecular weight excluding hydrogens is 258 g/mol. The summed E-state index contributed by atoms with van der Waals surface area (Å²) in [5.74, 6) is -0.396. The van der Waals surface area contributed by atoms with Gasteiger partial charge >= 0.3 is 5.97 Å². The number of amides is 1. The first kappa shape index (κ1) is 14.4. The zero-order valence-electron chi connectivity index (χ0n) is 11.7. The summed E-state index contributed by atoms with van der Waals surface area (Å²) in [6, 6.07) is 5.35. The van der Waals surface area contributed by atoms with E-state index in [0.717, 1.165) is 17.7 Å². The van der Waals surface area contributed by atoms with Gasteiger partial charge in [0.15, 0.2) is 0 Å². The van der Waals surface area contributed by atoms with Gasteiger partial charge in [0.05, 0.1) is 12.5 Å². The lowest BCUT2D eigenvalue weighted by atomic mass is 9.66. The molecule has 0 heterocycles. The molecule has 1 aliphatic rings. The van der Waals surface area contributed by atoms with Gasteiger partial charge in [-0.05, 0) is 43.5 Å². The Bertz CT molecular complexity index is 535. The van der Waals surface area contributed by atoms with Crippen LogP contribution in [-0.2, 0) is 9.59 Å². The highest BCUT2D eigenvalue weighted by atomic mass is 16.5. The molecule has 0 atom stereocenters. The van der Waals surface area contributed by atoms with Crippen LogP contribution in [0, 0.1) is 12.3 Å². The Morgan fingerprint density at radius 2 is 2.10 bits per heavy atom. The van der Waals surface area contributed by atoms with Crippen molar-refractivity contribution >= 4 is 17.6 Å². The minimum atomic E-state index is -0.870. The quantitative estimate of drug-likeness (QED) is 0.867. The molecule has 1 aliphatic carbocycles. The maximum atomic E-state index is 12.0. The summed E-state index contributed by atoms with van der Waals surface area (Å²) in [6.07, 6.45) is 2.07. The van der Waals surface area contributed by atoms with Crippen LogP contribution in [0.4, 0.5) is 5.69 Å². The smallest absolute Gasteiger partial charge is 0.310 e. The maximum absolute atomic E-state index is 12.0. The van der Waals surface area contributed by atoms with Gasteiger partial charge in [0.25, 0.3) is 0 Å². The van der Waals surface area contributed by atoms with E-state index in [9.17, 15) is 14.7 Å². The van der Waals surface area contributed by atoms with Crippen molar-refractivity contribution in [1.29, 1.82) is 0 Å². The number of nitrogens with one attached hydrogen (secondary N) is 1. The van der Waals surface area contributed by atoms with Crippen molar-refractivity contribution in [3.8, 4) is 5.75 Å². The molecular formula is C15H19NO4. The van der Waals surface area contributed by atoms with Gasteiger partial charge in [-0.15, -0.1) is 0 Å². The van der Waals surface area contributed by atoms with Crippen molar-refractivity contribution in [3.63, 3.8) is 0 Å². The van der Waals surface area contributed by atoms with E-state index in [4.69, 9.17) is 4.74 Å². The van der Waals surface area contributed by atoms with Crippen LogP contribution in [0.5, 0.6) is 5.75 Å². The molecule has 0 bridgehead atoms. The first-order chi connectivity index (χ1) is 9.47. The first-order valence-electron chi connectivity index (χ1n) is 6.65. The van der Waals surface area contributed by atoms with Crippen molar-refractivity contribution < 1.29 is 19.4 Å². The Morgan fingerprint density at radius 3 is 2.55 bits per heavy atom. The summed E-state index contributed by atoms with van der Waals surface area (Å²) < 4.78 is 5.10. The van der Waals surface area contributed by atoms with Gasteiger partial charge in [0, 0.05) is 12.1 Å². The Balaban J connectivity index is 2.03. The second kappa shape index (κ2) is 5.53. The van der Waals surface area contributed by atoms with Crippen LogP contribution in [0.1, 0.15) is 31.2 Å². The summed E-state index contributed by atoms with van der Waals surface area (Å²) in [5, 5.41) is 12.0. The number of anilines is 1. The molecule has 0 spiro atoms. The second-order valence-corrected chi connectivity index (χ2v) is 5.34.